The number of likely N-dealkylation sites (tertiary alicyclic amines) is 1. The summed E-state index contributed by atoms with van der Waals surface area (Å²) in [5, 5.41) is 2.99. The number of nitrogens with zero attached hydrogens (tertiary/aromatic N) is 2. The lowest BCUT2D eigenvalue weighted by molar-refractivity contribution is -0.122. The van der Waals surface area contributed by atoms with Crippen molar-refractivity contribution in [1.29, 1.82) is 0 Å². The highest BCUT2D eigenvalue weighted by Crippen LogP contribution is 2.24. The van der Waals surface area contributed by atoms with E-state index in [1.807, 2.05) is 0 Å². The quantitative estimate of drug-likeness (QED) is 0.811. The average molecular weight is 369 g/mol. The van der Waals surface area contributed by atoms with Crippen LogP contribution in [0.15, 0.2) is 24.3 Å². The Balaban J connectivity index is 2.15. The maximum absolute atomic E-state index is 12.6. The normalized spacial score (nSPS) is 17.8. The molecule has 1 aliphatic rings. The van der Waals surface area contributed by atoms with E-state index in [0.717, 1.165) is 36.5 Å². The standard InChI is InChI=1S/C17H27N3O4S/c1-13(17(21)18-14-9-11-19(2)12-10-14)20(25(4,22)23)15-5-7-16(24-3)8-6-15/h5-8,13-14H,9-12H2,1-4H3,(H,18,21)/t13-/m1/s1. The molecule has 0 radical (unpaired) electrons. The molecule has 1 aliphatic heterocycles. The summed E-state index contributed by atoms with van der Waals surface area (Å²) in [5.74, 6) is 0.344. The van der Waals surface area contributed by atoms with Crippen LogP contribution in [-0.4, -0.2) is 64.8 Å². The van der Waals surface area contributed by atoms with Gasteiger partial charge in [-0.1, -0.05) is 0 Å². The van der Waals surface area contributed by atoms with E-state index in [4.69, 9.17) is 4.74 Å². The topological polar surface area (TPSA) is 79.0 Å². The monoisotopic (exact) mass is 369 g/mol. The number of amides is 1. The van der Waals surface area contributed by atoms with E-state index < -0.39 is 16.1 Å². The van der Waals surface area contributed by atoms with Gasteiger partial charge in [0, 0.05) is 6.04 Å². The molecule has 1 N–H and O–H groups in total. The molecule has 2 rings (SSSR count). The van der Waals surface area contributed by atoms with Crippen LogP contribution in [-0.2, 0) is 14.8 Å². The molecule has 1 amide bonds. The minimum atomic E-state index is -3.61. The number of carbonyl (C=O) groups excluding carboxylic acids is 1. The van der Waals surface area contributed by atoms with Crippen molar-refractivity contribution in [2.24, 2.45) is 0 Å². The van der Waals surface area contributed by atoms with Crippen molar-refractivity contribution in [2.75, 3.05) is 37.8 Å². The first-order chi connectivity index (χ1) is 11.7. The highest BCUT2D eigenvalue weighted by Gasteiger charge is 2.30. The van der Waals surface area contributed by atoms with E-state index in [-0.39, 0.29) is 11.9 Å². The van der Waals surface area contributed by atoms with Crippen LogP contribution in [0.4, 0.5) is 5.69 Å². The number of hydrogen-bond donors (Lipinski definition) is 1. The molecule has 1 aromatic carbocycles. The SMILES string of the molecule is COc1ccc(N([C@H](C)C(=O)NC2CCN(C)CC2)S(C)(=O)=O)cc1. The lowest BCUT2D eigenvalue weighted by Gasteiger charge is -2.33. The Labute approximate surface area is 150 Å². The summed E-state index contributed by atoms with van der Waals surface area (Å²) in [5.41, 5.74) is 0.439. The van der Waals surface area contributed by atoms with Gasteiger partial charge in [0.25, 0.3) is 0 Å². The van der Waals surface area contributed by atoms with Crippen molar-refractivity contribution < 1.29 is 17.9 Å². The van der Waals surface area contributed by atoms with Gasteiger partial charge in [0.1, 0.15) is 11.8 Å². The Kier molecular flexibility index (Phi) is 6.29. The van der Waals surface area contributed by atoms with Gasteiger partial charge in [-0.3, -0.25) is 9.10 Å². The molecule has 8 heteroatoms. The summed E-state index contributed by atoms with van der Waals surface area (Å²) in [6.07, 6.45) is 2.85. The fourth-order valence-electron chi connectivity index (χ4n) is 3.01. The van der Waals surface area contributed by atoms with Crippen LogP contribution in [0.25, 0.3) is 0 Å². The molecule has 0 spiro atoms. The smallest absolute Gasteiger partial charge is 0.243 e. The number of ether oxygens (including phenoxy) is 1. The van der Waals surface area contributed by atoms with Crippen LogP contribution < -0.4 is 14.4 Å². The van der Waals surface area contributed by atoms with Gasteiger partial charge < -0.3 is 15.0 Å². The van der Waals surface area contributed by atoms with Gasteiger partial charge in [-0.25, -0.2) is 8.42 Å². The second kappa shape index (κ2) is 8.05. The van der Waals surface area contributed by atoms with E-state index in [9.17, 15) is 13.2 Å². The molecule has 140 valence electrons. The summed E-state index contributed by atoms with van der Waals surface area (Å²) in [4.78, 5) is 14.8. The number of hydrogen-bond acceptors (Lipinski definition) is 5. The van der Waals surface area contributed by atoms with Crippen LogP contribution in [0.2, 0.25) is 0 Å². The van der Waals surface area contributed by atoms with Crippen molar-refractivity contribution in [2.45, 2.75) is 31.8 Å². The van der Waals surface area contributed by atoms with Crippen LogP contribution in [0.5, 0.6) is 5.75 Å². The summed E-state index contributed by atoms with van der Waals surface area (Å²) < 4.78 is 30.8. The molecule has 1 heterocycles. The molecular formula is C17H27N3O4S. The predicted octanol–water partition coefficient (Wildman–Crippen LogP) is 1.06. The van der Waals surface area contributed by atoms with Crippen molar-refractivity contribution >= 4 is 21.6 Å². The fourth-order valence-corrected chi connectivity index (χ4v) is 4.19. The maximum Gasteiger partial charge on any atom is 0.243 e. The summed E-state index contributed by atoms with van der Waals surface area (Å²) in [7, 11) is -0.0139. The Hall–Kier alpha value is -1.80. The molecule has 1 aromatic rings. The molecule has 0 bridgehead atoms. The van der Waals surface area contributed by atoms with Crippen LogP contribution >= 0.6 is 0 Å². The first-order valence-electron chi connectivity index (χ1n) is 8.34. The second-order valence-corrected chi connectivity index (χ2v) is 8.38. The van der Waals surface area contributed by atoms with E-state index >= 15 is 0 Å². The molecule has 0 unspecified atom stereocenters. The molecule has 7 nitrogen and oxygen atoms in total. The van der Waals surface area contributed by atoms with Crippen molar-refractivity contribution in [1.82, 2.24) is 10.2 Å². The van der Waals surface area contributed by atoms with Crippen molar-refractivity contribution in [3.05, 3.63) is 24.3 Å². The third-order valence-electron chi connectivity index (χ3n) is 4.48. The van der Waals surface area contributed by atoms with Gasteiger partial charge >= 0.3 is 0 Å². The van der Waals surface area contributed by atoms with Crippen LogP contribution in [0.3, 0.4) is 0 Å². The minimum Gasteiger partial charge on any atom is -0.497 e. The number of sulfonamides is 1. The van der Waals surface area contributed by atoms with Gasteiger partial charge in [-0.2, -0.15) is 0 Å². The number of carbonyl (C=O) groups is 1. The second-order valence-electron chi connectivity index (χ2n) is 6.52. The molecule has 25 heavy (non-hydrogen) atoms. The highest BCUT2D eigenvalue weighted by atomic mass is 32.2. The van der Waals surface area contributed by atoms with Gasteiger partial charge in [0.05, 0.1) is 19.1 Å². The minimum absolute atomic E-state index is 0.0865. The van der Waals surface area contributed by atoms with Gasteiger partial charge in [-0.05, 0) is 64.2 Å². The number of methoxy groups -OCH3 is 1. The van der Waals surface area contributed by atoms with Crippen LogP contribution in [0.1, 0.15) is 19.8 Å². The largest absolute Gasteiger partial charge is 0.497 e. The molecular weight excluding hydrogens is 342 g/mol. The maximum atomic E-state index is 12.6. The van der Waals surface area contributed by atoms with Gasteiger partial charge in [-0.15, -0.1) is 0 Å². The van der Waals surface area contributed by atoms with Gasteiger partial charge in [0.15, 0.2) is 0 Å². The van der Waals surface area contributed by atoms with E-state index in [1.165, 1.54) is 0 Å². The number of piperidine rings is 1. The van der Waals surface area contributed by atoms with Crippen molar-refractivity contribution in [3.63, 3.8) is 0 Å². The molecule has 0 aliphatic carbocycles. The van der Waals surface area contributed by atoms with Crippen LogP contribution in [0, 0.1) is 0 Å². The highest BCUT2D eigenvalue weighted by molar-refractivity contribution is 7.92. The first-order valence-corrected chi connectivity index (χ1v) is 10.2. The number of benzene rings is 1. The molecule has 1 atom stereocenters. The zero-order valence-electron chi connectivity index (χ0n) is 15.2. The van der Waals surface area contributed by atoms with E-state index in [1.54, 1.807) is 38.3 Å². The van der Waals surface area contributed by atoms with Gasteiger partial charge in [0.2, 0.25) is 15.9 Å². The Morgan fingerprint density at radius 2 is 1.84 bits per heavy atom. The summed E-state index contributed by atoms with van der Waals surface area (Å²) >= 11 is 0. The Morgan fingerprint density at radius 3 is 2.32 bits per heavy atom. The Morgan fingerprint density at radius 1 is 1.28 bits per heavy atom. The van der Waals surface area contributed by atoms with Crippen molar-refractivity contribution in [3.8, 4) is 5.75 Å². The molecule has 1 saturated heterocycles. The molecule has 1 fully saturated rings. The van der Waals surface area contributed by atoms with E-state index in [2.05, 4.69) is 17.3 Å². The lowest BCUT2D eigenvalue weighted by atomic mass is 10.1. The number of nitrogens with one attached hydrogen (secondary N) is 1. The first kappa shape index (κ1) is 19.5. The third-order valence-corrected chi connectivity index (χ3v) is 5.72. The number of anilines is 1. The zero-order chi connectivity index (χ0) is 18.6. The average Bonchev–Trinajstić information content (AvgIpc) is 2.56. The molecule has 0 saturated carbocycles. The number of rotatable bonds is 6. The summed E-state index contributed by atoms with van der Waals surface area (Å²) in [6, 6.07) is 5.88. The van der Waals surface area contributed by atoms with E-state index in [0.29, 0.717) is 11.4 Å². The zero-order valence-corrected chi connectivity index (χ0v) is 16.0. The lowest BCUT2D eigenvalue weighted by Crippen LogP contribution is -2.52. The molecule has 0 aromatic heterocycles. The Bertz CT molecular complexity index is 682. The fraction of sp³-hybridized carbons (Fsp3) is 0.588. The third kappa shape index (κ3) is 5.09. The predicted molar refractivity (Wildman–Crippen MR) is 98.4 cm³/mol. The summed E-state index contributed by atoms with van der Waals surface area (Å²) in [6.45, 7) is 3.46.